The molecule has 0 spiro atoms. The Kier molecular flexibility index (Phi) is 51.5. The zero-order valence-electron chi connectivity index (χ0n) is 43.4. The minimum atomic E-state index is -0.804. The van der Waals surface area contributed by atoms with E-state index in [1.165, 1.54) is 77.0 Å². The van der Waals surface area contributed by atoms with E-state index in [-0.39, 0.29) is 31.1 Å². The molecule has 0 saturated carbocycles. The summed E-state index contributed by atoms with van der Waals surface area (Å²) in [6.07, 6.45) is 73.6. The van der Waals surface area contributed by atoms with Crippen LogP contribution in [-0.4, -0.2) is 37.2 Å². The van der Waals surface area contributed by atoms with Crippen LogP contribution in [0.4, 0.5) is 0 Å². The van der Waals surface area contributed by atoms with E-state index in [2.05, 4.69) is 130 Å². The molecule has 6 nitrogen and oxygen atoms in total. The van der Waals surface area contributed by atoms with Gasteiger partial charge in [0.05, 0.1) is 0 Å². The highest BCUT2D eigenvalue weighted by molar-refractivity contribution is 5.71. The third kappa shape index (κ3) is 52.9. The fourth-order valence-corrected chi connectivity index (χ4v) is 7.23. The van der Waals surface area contributed by atoms with Gasteiger partial charge in [0.1, 0.15) is 13.2 Å². The van der Waals surface area contributed by atoms with Gasteiger partial charge in [-0.3, -0.25) is 14.4 Å². The Morgan fingerprint density at radius 3 is 1.10 bits per heavy atom. The minimum absolute atomic E-state index is 0.103. The largest absolute Gasteiger partial charge is 0.462 e. The van der Waals surface area contributed by atoms with Gasteiger partial charge in [0.25, 0.3) is 0 Å². The van der Waals surface area contributed by atoms with Crippen LogP contribution in [0.15, 0.2) is 109 Å². The maximum atomic E-state index is 12.8. The summed E-state index contributed by atoms with van der Waals surface area (Å²) in [4.78, 5) is 38.1. The molecule has 1 atom stereocenters. The molecule has 0 rings (SSSR count). The molecule has 0 fully saturated rings. The minimum Gasteiger partial charge on any atom is -0.462 e. The molecule has 0 aliphatic heterocycles. The van der Waals surface area contributed by atoms with Crippen LogP contribution in [0.25, 0.3) is 0 Å². The number of allylic oxidation sites excluding steroid dienone is 18. The highest BCUT2D eigenvalue weighted by Crippen LogP contribution is 2.14. The highest BCUT2D eigenvalue weighted by atomic mass is 16.6. The first-order valence-corrected chi connectivity index (χ1v) is 27.4. The molecule has 0 aliphatic carbocycles. The smallest absolute Gasteiger partial charge is 0.306 e. The molecule has 6 heteroatoms. The van der Waals surface area contributed by atoms with Crippen LogP contribution in [0.5, 0.6) is 0 Å². The quantitative estimate of drug-likeness (QED) is 0.0199. The molecule has 0 amide bonds. The molecule has 0 saturated heterocycles. The summed E-state index contributed by atoms with van der Waals surface area (Å²) in [6, 6.07) is 0. The lowest BCUT2D eigenvalue weighted by atomic mass is 10.1. The molecule has 0 radical (unpaired) electrons. The van der Waals surface area contributed by atoms with Gasteiger partial charge in [0.15, 0.2) is 6.10 Å². The van der Waals surface area contributed by atoms with Gasteiger partial charge < -0.3 is 14.2 Å². The molecule has 0 bridgehead atoms. The summed E-state index contributed by atoms with van der Waals surface area (Å²) in [7, 11) is 0. The second kappa shape index (κ2) is 54.7. The van der Waals surface area contributed by atoms with Crippen LogP contribution in [0, 0.1) is 0 Å². The molecular formula is C61H100O6. The Balaban J connectivity index is 4.48. The summed E-state index contributed by atoms with van der Waals surface area (Å²) in [5.41, 5.74) is 0. The van der Waals surface area contributed by atoms with Gasteiger partial charge in [-0.2, -0.15) is 0 Å². The number of carbonyl (C=O) groups is 3. The fourth-order valence-electron chi connectivity index (χ4n) is 7.23. The number of hydrogen-bond donors (Lipinski definition) is 0. The summed E-state index contributed by atoms with van der Waals surface area (Å²) in [5.74, 6) is -0.961. The molecule has 380 valence electrons. The Morgan fingerprint density at radius 1 is 0.328 bits per heavy atom. The normalized spacial score (nSPS) is 12.9. The zero-order chi connectivity index (χ0) is 48.6. The summed E-state index contributed by atoms with van der Waals surface area (Å²) in [6.45, 7) is 6.33. The van der Waals surface area contributed by atoms with Crippen LogP contribution in [-0.2, 0) is 28.6 Å². The maximum Gasteiger partial charge on any atom is 0.306 e. The number of carbonyl (C=O) groups excluding carboxylic acids is 3. The Bertz CT molecular complexity index is 1390. The molecule has 0 aliphatic rings. The molecule has 0 heterocycles. The average molecular weight is 929 g/mol. The van der Waals surface area contributed by atoms with Gasteiger partial charge in [0.2, 0.25) is 0 Å². The van der Waals surface area contributed by atoms with Crippen molar-refractivity contribution < 1.29 is 28.6 Å². The second-order valence-electron chi connectivity index (χ2n) is 17.8. The van der Waals surface area contributed by atoms with Crippen molar-refractivity contribution in [2.75, 3.05) is 13.2 Å². The summed E-state index contributed by atoms with van der Waals surface area (Å²) < 4.78 is 16.8. The van der Waals surface area contributed by atoms with Crippen molar-refractivity contribution in [3.8, 4) is 0 Å². The van der Waals surface area contributed by atoms with E-state index >= 15 is 0 Å². The fraction of sp³-hybridized carbons (Fsp3) is 0.656. The summed E-state index contributed by atoms with van der Waals surface area (Å²) in [5, 5.41) is 0. The molecule has 0 aromatic rings. The van der Waals surface area contributed by atoms with Gasteiger partial charge in [0, 0.05) is 19.3 Å². The van der Waals surface area contributed by atoms with Crippen LogP contribution < -0.4 is 0 Å². The maximum absolute atomic E-state index is 12.8. The zero-order valence-corrected chi connectivity index (χ0v) is 43.4. The van der Waals surface area contributed by atoms with E-state index in [0.717, 1.165) is 122 Å². The van der Waals surface area contributed by atoms with Gasteiger partial charge in [-0.1, -0.05) is 220 Å². The molecular weight excluding hydrogens is 829 g/mol. The van der Waals surface area contributed by atoms with Crippen molar-refractivity contribution in [2.24, 2.45) is 0 Å². The second-order valence-corrected chi connectivity index (χ2v) is 17.8. The number of rotatable bonds is 48. The lowest BCUT2D eigenvalue weighted by molar-refractivity contribution is -0.167. The van der Waals surface area contributed by atoms with Crippen molar-refractivity contribution >= 4 is 17.9 Å². The van der Waals surface area contributed by atoms with Crippen molar-refractivity contribution in [3.05, 3.63) is 109 Å². The van der Waals surface area contributed by atoms with E-state index in [1.54, 1.807) is 0 Å². The standard InChI is InChI=1S/C61H100O6/c1-4-7-10-13-16-19-22-25-27-29-30-32-33-36-39-42-45-48-51-54-60(63)66-57-58(56-65-59(62)53-50-47-44-41-38-35-24-21-18-15-12-9-6-3)67-61(64)55-52-49-46-43-40-37-34-31-28-26-23-20-17-14-11-8-5-2/h7,9-10,12,15-16,18-19,21,24-28,30,32,36,39,58H,4-6,8,11,13-14,17,20,22-23,29,31,33-35,37-38,40-57H2,1-3H3/b10-7+,12-9+,18-15+,19-16+,24-21+,27-25+,28-26+,32-30+,39-36+. The van der Waals surface area contributed by atoms with Crippen LogP contribution in [0.1, 0.15) is 239 Å². The Labute approximate surface area is 412 Å². The first-order chi connectivity index (χ1) is 33.0. The third-order valence-corrected chi connectivity index (χ3v) is 11.3. The van der Waals surface area contributed by atoms with Gasteiger partial charge >= 0.3 is 17.9 Å². The molecule has 1 unspecified atom stereocenters. The summed E-state index contributed by atoms with van der Waals surface area (Å²) >= 11 is 0. The topological polar surface area (TPSA) is 78.9 Å². The molecule has 0 aromatic carbocycles. The van der Waals surface area contributed by atoms with Crippen molar-refractivity contribution in [2.45, 2.75) is 245 Å². The van der Waals surface area contributed by atoms with E-state index in [9.17, 15) is 14.4 Å². The number of hydrogen-bond acceptors (Lipinski definition) is 6. The van der Waals surface area contributed by atoms with E-state index in [4.69, 9.17) is 14.2 Å². The number of esters is 3. The lowest BCUT2D eigenvalue weighted by Gasteiger charge is -2.18. The lowest BCUT2D eigenvalue weighted by Crippen LogP contribution is -2.30. The third-order valence-electron chi connectivity index (χ3n) is 11.3. The average Bonchev–Trinajstić information content (AvgIpc) is 3.33. The van der Waals surface area contributed by atoms with Crippen molar-refractivity contribution in [1.82, 2.24) is 0 Å². The van der Waals surface area contributed by atoms with Crippen LogP contribution in [0.3, 0.4) is 0 Å². The Hall–Kier alpha value is -3.93. The molecule has 67 heavy (non-hydrogen) atoms. The van der Waals surface area contributed by atoms with Gasteiger partial charge in [-0.15, -0.1) is 0 Å². The van der Waals surface area contributed by atoms with Crippen molar-refractivity contribution in [1.29, 1.82) is 0 Å². The SMILES string of the molecule is CC/C=C/C=C/C=C/CCCCCCCC(=O)OCC(COC(=O)CCCCC/C=C/C/C=C/C/C=C/C/C=C/C/C=C/CC)OC(=O)CCCCCCCCC/C=C/CCCCCCCC. The van der Waals surface area contributed by atoms with Crippen LogP contribution in [0.2, 0.25) is 0 Å². The van der Waals surface area contributed by atoms with E-state index in [0.29, 0.717) is 19.3 Å². The first kappa shape index (κ1) is 63.1. The van der Waals surface area contributed by atoms with Crippen molar-refractivity contribution in [3.63, 3.8) is 0 Å². The monoisotopic (exact) mass is 929 g/mol. The number of unbranched alkanes of at least 4 members (excludes halogenated alkanes) is 21. The first-order valence-electron chi connectivity index (χ1n) is 27.4. The van der Waals surface area contributed by atoms with E-state index < -0.39 is 6.10 Å². The Morgan fingerprint density at radius 2 is 0.657 bits per heavy atom. The van der Waals surface area contributed by atoms with Crippen LogP contribution >= 0.6 is 0 Å². The van der Waals surface area contributed by atoms with Gasteiger partial charge in [-0.25, -0.2) is 0 Å². The molecule has 0 aromatic heterocycles. The van der Waals surface area contributed by atoms with E-state index in [1.807, 2.05) is 0 Å². The highest BCUT2D eigenvalue weighted by Gasteiger charge is 2.19. The number of ether oxygens (including phenoxy) is 3. The predicted octanol–water partition coefficient (Wildman–Crippen LogP) is 18.3. The molecule has 0 N–H and O–H groups in total. The van der Waals surface area contributed by atoms with Gasteiger partial charge in [-0.05, 0) is 109 Å². The predicted molar refractivity (Wildman–Crippen MR) is 288 cm³/mol.